The van der Waals surface area contributed by atoms with Crippen LogP contribution in [0.3, 0.4) is 0 Å². The second-order valence-electron chi connectivity index (χ2n) is 13.9. The van der Waals surface area contributed by atoms with E-state index in [1.54, 1.807) is 0 Å². The fourth-order valence-electron chi connectivity index (χ4n) is 6.05. The SMILES string of the molecule is CC(C)(C)C1Cc2cc(CC(C)(C)C3CC(F)CN3C(C)(C)C)ccc2N1C(C)(C)C. The fourth-order valence-corrected chi connectivity index (χ4v) is 6.05. The van der Waals surface area contributed by atoms with Crippen molar-refractivity contribution in [2.45, 2.75) is 125 Å². The smallest absolute Gasteiger partial charge is 0.114 e. The molecule has 1 aromatic rings. The second-order valence-corrected chi connectivity index (χ2v) is 13.9. The maximum atomic E-state index is 14.5. The van der Waals surface area contributed by atoms with Gasteiger partial charge in [0.25, 0.3) is 0 Å². The number of benzene rings is 1. The Hall–Kier alpha value is -1.09. The molecule has 2 heterocycles. The van der Waals surface area contributed by atoms with Crippen molar-refractivity contribution in [3.63, 3.8) is 0 Å². The van der Waals surface area contributed by atoms with Gasteiger partial charge in [-0.1, -0.05) is 46.8 Å². The highest BCUT2D eigenvalue weighted by Crippen LogP contribution is 2.45. The number of nitrogens with zero attached hydrogens (tertiary/aromatic N) is 2. The van der Waals surface area contributed by atoms with E-state index in [1.165, 1.54) is 16.8 Å². The maximum absolute atomic E-state index is 14.5. The topological polar surface area (TPSA) is 6.48 Å². The average molecular weight is 431 g/mol. The van der Waals surface area contributed by atoms with E-state index in [9.17, 15) is 4.39 Å². The van der Waals surface area contributed by atoms with Crippen LogP contribution < -0.4 is 4.90 Å². The molecule has 3 heteroatoms. The maximum Gasteiger partial charge on any atom is 0.114 e. The molecule has 0 spiro atoms. The first kappa shape index (κ1) is 24.6. The zero-order valence-electron chi connectivity index (χ0n) is 22.1. The van der Waals surface area contributed by atoms with Crippen molar-refractivity contribution < 1.29 is 4.39 Å². The van der Waals surface area contributed by atoms with E-state index in [-0.39, 0.29) is 27.9 Å². The van der Waals surface area contributed by atoms with E-state index >= 15 is 0 Å². The molecule has 0 saturated carbocycles. The number of alkyl halides is 1. The highest BCUT2D eigenvalue weighted by atomic mass is 19.1. The van der Waals surface area contributed by atoms with Crippen molar-refractivity contribution in [1.29, 1.82) is 0 Å². The van der Waals surface area contributed by atoms with Crippen LogP contribution in [-0.4, -0.2) is 40.8 Å². The zero-order valence-corrected chi connectivity index (χ0v) is 22.1. The van der Waals surface area contributed by atoms with E-state index in [2.05, 4.69) is 104 Å². The molecule has 0 aromatic heterocycles. The first-order valence-corrected chi connectivity index (χ1v) is 12.2. The molecule has 1 saturated heterocycles. The van der Waals surface area contributed by atoms with Gasteiger partial charge in [0.05, 0.1) is 0 Å². The summed E-state index contributed by atoms with van der Waals surface area (Å²) in [7, 11) is 0. The largest absolute Gasteiger partial charge is 0.363 e. The molecule has 2 aliphatic heterocycles. The van der Waals surface area contributed by atoms with E-state index in [0.717, 1.165) is 12.8 Å². The van der Waals surface area contributed by atoms with E-state index in [4.69, 9.17) is 0 Å². The Morgan fingerprint density at radius 1 is 0.871 bits per heavy atom. The summed E-state index contributed by atoms with van der Waals surface area (Å²) in [5.74, 6) is 0. The third-order valence-corrected chi connectivity index (χ3v) is 7.52. The Bertz CT molecular complexity index is 791. The Morgan fingerprint density at radius 2 is 1.48 bits per heavy atom. The normalized spacial score (nSPS) is 25.9. The summed E-state index contributed by atoms with van der Waals surface area (Å²) in [6.07, 6.45) is 2.03. The van der Waals surface area contributed by atoms with Gasteiger partial charge in [0.15, 0.2) is 0 Å². The van der Waals surface area contributed by atoms with E-state index < -0.39 is 6.17 Å². The molecule has 3 rings (SSSR count). The van der Waals surface area contributed by atoms with Crippen LogP contribution in [0.2, 0.25) is 0 Å². The van der Waals surface area contributed by atoms with Crippen LogP contribution in [0, 0.1) is 10.8 Å². The predicted octanol–water partition coefficient (Wildman–Crippen LogP) is 7.04. The highest BCUT2D eigenvalue weighted by molar-refractivity contribution is 5.62. The third-order valence-electron chi connectivity index (χ3n) is 7.52. The van der Waals surface area contributed by atoms with Gasteiger partial charge in [0.2, 0.25) is 0 Å². The Balaban J connectivity index is 1.89. The van der Waals surface area contributed by atoms with Crippen LogP contribution in [0.1, 0.15) is 93.7 Å². The van der Waals surface area contributed by atoms with E-state index in [1.807, 2.05) is 0 Å². The first-order valence-electron chi connectivity index (χ1n) is 12.2. The summed E-state index contributed by atoms with van der Waals surface area (Å²) in [6.45, 7) is 26.0. The Kier molecular flexibility index (Phi) is 6.14. The van der Waals surface area contributed by atoms with Gasteiger partial charge in [-0.2, -0.15) is 0 Å². The van der Waals surface area contributed by atoms with Gasteiger partial charge in [-0.15, -0.1) is 0 Å². The van der Waals surface area contributed by atoms with Gasteiger partial charge >= 0.3 is 0 Å². The number of anilines is 1. The minimum atomic E-state index is -0.712. The molecule has 1 fully saturated rings. The van der Waals surface area contributed by atoms with Crippen molar-refractivity contribution >= 4 is 5.69 Å². The van der Waals surface area contributed by atoms with Gasteiger partial charge in [-0.3, -0.25) is 4.90 Å². The van der Waals surface area contributed by atoms with Crippen molar-refractivity contribution in [2.24, 2.45) is 10.8 Å². The van der Waals surface area contributed by atoms with Crippen molar-refractivity contribution in [3.8, 4) is 0 Å². The summed E-state index contributed by atoms with van der Waals surface area (Å²) in [6, 6.07) is 7.90. The van der Waals surface area contributed by atoms with Crippen LogP contribution >= 0.6 is 0 Å². The zero-order chi connectivity index (χ0) is 23.6. The predicted molar refractivity (Wildman–Crippen MR) is 133 cm³/mol. The van der Waals surface area contributed by atoms with Crippen molar-refractivity contribution in [1.82, 2.24) is 4.90 Å². The standard InChI is InChI=1S/C28H47FN2/c1-25(2,3)23-15-20-14-19(12-13-22(20)31(23)27(7,8)9)17-28(10,11)24-16-21(29)18-30(24)26(4,5)6/h12-14,21,23-24H,15-18H2,1-11H3. The molecule has 31 heavy (non-hydrogen) atoms. The molecule has 1 aromatic carbocycles. The Labute approximate surface area is 191 Å². The monoisotopic (exact) mass is 430 g/mol. The van der Waals surface area contributed by atoms with E-state index in [0.29, 0.717) is 19.0 Å². The lowest BCUT2D eigenvalue weighted by molar-refractivity contribution is 0.0485. The first-order chi connectivity index (χ1) is 13.9. The lowest BCUT2D eigenvalue weighted by Gasteiger charge is -2.45. The number of hydrogen-bond donors (Lipinski definition) is 0. The second kappa shape index (κ2) is 7.75. The van der Waals surface area contributed by atoms with Gasteiger partial charge in [-0.25, -0.2) is 4.39 Å². The number of hydrogen-bond acceptors (Lipinski definition) is 2. The molecule has 0 bridgehead atoms. The highest BCUT2D eigenvalue weighted by Gasteiger charge is 2.46. The van der Waals surface area contributed by atoms with Crippen LogP contribution in [-0.2, 0) is 12.8 Å². The van der Waals surface area contributed by atoms with Crippen LogP contribution in [0.4, 0.5) is 10.1 Å². The number of fused-ring (bicyclic) bond motifs is 1. The van der Waals surface area contributed by atoms with Crippen molar-refractivity contribution in [2.75, 3.05) is 11.4 Å². The average Bonchev–Trinajstić information content (AvgIpc) is 3.14. The molecule has 2 nitrogen and oxygen atoms in total. The lowest BCUT2D eigenvalue weighted by Crippen LogP contribution is -2.51. The molecule has 3 unspecified atom stereocenters. The molecule has 176 valence electrons. The van der Waals surface area contributed by atoms with Gasteiger partial charge in [-0.05, 0) is 88.8 Å². The lowest BCUT2D eigenvalue weighted by atomic mass is 9.76. The van der Waals surface area contributed by atoms with Crippen LogP contribution in [0.5, 0.6) is 0 Å². The number of halogens is 1. The third kappa shape index (κ3) is 4.97. The summed E-state index contributed by atoms with van der Waals surface area (Å²) in [5.41, 5.74) is 4.60. The van der Waals surface area contributed by atoms with Crippen molar-refractivity contribution in [3.05, 3.63) is 29.3 Å². The van der Waals surface area contributed by atoms with Gasteiger partial charge in [0.1, 0.15) is 6.17 Å². The quantitative estimate of drug-likeness (QED) is 0.507. The molecule has 0 amide bonds. The summed E-state index contributed by atoms with van der Waals surface area (Å²) in [5, 5.41) is 0. The molecule has 3 atom stereocenters. The summed E-state index contributed by atoms with van der Waals surface area (Å²) in [4.78, 5) is 5.05. The minimum Gasteiger partial charge on any atom is -0.363 e. The fraction of sp³-hybridized carbons (Fsp3) is 0.786. The summed E-state index contributed by atoms with van der Waals surface area (Å²) < 4.78 is 14.5. The molecule has 0 aliphatic carbocycles. The molecule has 0 N–H and O–H groups in total. The summed E-state index contributed by atoms with van der Waals surface area (Å²) >= 11 is 0. The molecule has 2 aliphatic rings. The number of rotatable bonds is 3. The Morgan fingerprint density at radius 3 is 2.00 bits per heavy atom. The van der Waals surface area contributed by atoms with Crippen LogP contribution in [0.15, 0.2) is 18.2 Å². The molecular weight excluding hydrogens is 383 g/mol. The van der Waals surface area contributed by atoms with Gasteiger partial charge < -0.3 is 4.90 Å². The van der Waals surface area contributed by atoms with Crippen LogP contribution in [0.25, 0.3) is 0 Å². The minimum absolute atomic E-state index is 0.00610. The molecular formula is C28H47FN2. The van der Waals surface area contributed by atoms with Gasteiger partial charge in [0, 0.05) is 35.4 Å². The molecule has 0 radical (unpaired) electrons. The number of likely N-dealkylation sites (tertiary alicyclic amines) is 1.